The molecule has 1 spiro atoms. The molecule has 198 valence electrons. The van der Waals surface area contributed by atoms with E-state index in [1.54, 1.807) is 24.3 Å². The SMILES string of the molecule is O=C1NC2(Oc3ccc(Br)cc3C3CC(c4ccccc4)=NN32)/C(=C/c2ccc(-c3ccc(C(=O)O)cc3)o2)S1. The maximum Gasteiger partial charge on any atom is 0.335 e. The van der Waals surface area contributed by atoms with Crippen molar-refractivity contribution in [2.75, 3.05) is 0 Å². The highest BCUT2D eigenvalue weighted by molar-refractivity contribution is 9.10. The van der Waals surface area contributed by atoms with Crippen LogP contribution in [0.15, 0.2) is 104 Å². The Labute approximate surface area is 241 Å². The van der Waals surface area contributed by atoms with Crippen molar-refractivity contribution >= 4 is 50.7 Å². The number of halogens is 1. The molecule has 2 atom stereocenters. The summed E-state index contributed by atoms with van der Waals surface area (Å²) in [5, 5.41) is 18.8. The molecule has 0 aliphatic carbocycles. The van der Waals surface area contributed by atoms with Crippen LogP contribution in [0.5, 0.6) is 5.75 Å². The molecule has 0 bridgehead atoms. The maximum absolute atomic E-state index is 12.9. The second kappa shape index (κ2) is 9.42. The zero-order chi connectivity index (χ0) is 27.4. The van der Waals surface area contributed by atoms with Gasteiger partial charge in [-0.3, -0.25) is 10.1 Å². The van der Waals surface area contributed by atoms with Crippen LogP contribution in [0, 0.1) is 0 Å². The largest absolute Gasteiger partial charge is 0.478 e. The third-order valence-corrected chi connectivity index (χ3v) is 8.45. The number of benzene rings is 3. The number of nitrogens with zero attached hydrogens (tertiary/aromatic N) is 2. The summed E-state index contributed by atoms with van der Waals surface area (Å²) < 4.78 is 13.6. The Kier molecular flexibility index (Phi) is 5.83. The van der Waals surface area contributed by atoms with Crippen molar-refractivity contribution < 1.29 is 23.8 Å². The maximum atomic E-state index is 12.9. The van der Waals surface area contributed by atoms with Crippen molar-refractivity contribution in [3.8, 4) is 17.1 Å². The number of nitrogens with one attached hydrogen (secondary N) is 1. The van der Waals surface area contributed by atoms with Crippen LogP contribution >= 0.6 is 27.7 Å². The molecule has 4 aromatic rings. The molecule has 2 N–H and O–H groups in total. The first-order chi connectivity index (χ1) is 19.4. The number of hydrazone groups is 1. The van der Waals surface area contributed by atoms with E-state index in [4.69, 9.17) is 14.3 Å². The fourth-order valence-corrected chi connectivity index (χ4v) is 6.45. The third-order valence-electron chi connectivity index (χ3n) is 7.05. The van der Waals surface area contributed by atoms with Gasteiger partial charge in [0.15, 0.2) is 0 Å². The van der Waals surface area contributed by atoms with Gasteiger partial charge in [-0.15, -0.1) is 0 Å². The van der Waals surface area contributed by atoms with E-state index in [9.17, 15) is 14.7 Å². The Bertz CT molecular complexity index is 1730. The molecule has 1 aromatic heterocycles. The van der Waals surface area contributed by atoms with Gasteiger partial charge in [-0.05, 0) is 65.9 Å². The van der Waals surface area contributed by atoms with Crippen LogP contribution in [0.2, 0.25) is 0 Å². The highest BCUT2D eigenvalue weighted by atomic mass is 79.9. The molecule has 7 rings (SSSR count). The van der Waals surface area contributed by atoms with Gasteiger partial charge < -0.3 is 14.3 Å². The van der Waals surface area contributed by atoms with Crippen LogP contribution < -0.4 is 10.1 Å². The molecular formula is C30H20BrN3O5S. The summed E-state index contributed by atoms with van der Waals surface area (Å²) in [6.45, 7) is 0. The Morgan fingerprint density at radius 1 is 1.07 bits per heavy atom. The van der Waals surface area contributed by atoms with Gasteiger partial charge >= 0.3 is 11.8 Å². The van der Waals surface area contributed by atoms with E-state index in [0.717, 1.165) is 38.6 Å². The Morgan fingerprint density at radius 2 is 1.88 bits per heavy atom. The lowest BCUT2D eigenvalue weighted by Crippen LogP contribution is -2.61. The monoisotopic (exact) mass is 613 g/mol. The normalized spacial score (nSPS) is 22.1. The summed E-state index contributed by atoms with van der Waals surface area (Å²) in [6.07, 6.45) is 2.43. The number of aromatic carboxylic acids is 1. The van der Waals surface area contributed by atoms with E-state index in [-0.39, 0.29) is 16.8 Å². The molecule has 1 saturated heterocycles. The minimum atomic E-state index is -1.35. The summed E-state index contributed by atoms with van der Waals surface area (Å²) in [4.78, 5) is 24.7. The topological polar surface area (TPSA) is 104 Å². The average Bonchev–Trinajstić information content (AvgIpc) is 3.69. The minimum Gasteiger partial charge on any atom is -0.478 e. The smallest absolute Gasteiger partial charge is 0.335 e. The predicted octanol–water partition coefficient (Wildman–Crippen LogP) is 7.10. The van der Waals surface area contributed by atoms with Crippen molar-refractivity contribution in [3.05, 3.63) is 117 Å². The number of hydrogen-bond acceptors (Lipinski definition) is 7. The number of carboxylic acids is 1. The van der Waals surface area contributed by atoms with Gasteiger partial charge in [-0.2, -0.15) is 5.10 Å². The quantitative estimate of drug-likeness (QED) is 0.253. The molecule has 8 nitrogen and oxygen atoms in total. The lowest BCUT2D eigenvalue weighted by Gasteiger charge is -2.45. The molecule has 4 heterocycles. The number of rotatable bonds is 4. The average molecular weight is 614 g/mol. The summed E-state index contributed by atoms with van der Waals surface area (Å²) in [5.74, 6) is -0.578. The van der Waals surface area contributed by atoms with Gasteiger partial charge in [0, 0.05) is 22.0 Å². The summed E-state index contributed by atoms with van der Waals surface area (Å²) in [7, 11) is 0. The highest BCUT2D eigenvalue weighted by Gasteiger charge is 2.58. The molecule has 1 amide bonds. The van der Waals surface area contributed by atoms with Gasteiger partial charge in [0.2, 0.25) is 0 Å². The molecule has 40 heavy (non-hydrogen) atoms. The number of amides is 1. The number of carboxylic acid groups (broad SMARTS) is 1. The zero-order valence-electron chi connectivity index (χ0n) is 20.7. The second-order valence-electron chi connectivity index (χ2n) is 9.51. The van der Waals surface area contributed by atoms with Crippen LogP contribution in [-0.2, 0) is 0 Å². The lowest BCUT2D eigenvalue weighted by atomic mass is 9.96. The van der Waals surface area contributed by atoms with Gasteiger partial charge in [0.1, 0.15) is 17.3 Å². The van der Waals surface area contributed by atoms with Crippen molar-refractivity contribution in [2.45, 2.75) is 18.3 Å². The Hall–Kier alpha value is -4.28. The zero-order valence-corrected chi connectivity index (χ0v) is 23.1. The molecular weight excluding hydrogens is 594 g/mol. The summed E-state index contributed by atoms with van der Waals surface area (Å²) >= 11 is 4.62. The summed E-state index contributed by atoms with van der Waals surface area (Å²) in [5.41, 5.74) is 3.82. The number of carbonyl (C=O) groups excluding carboxylic acids is 1. The van der Waals surface area contributed by atoms with Crippen molar-refractivity contribution in [1.29, 1.82) is 0 Å². The first-order valence-corrected chi connectivity index (χ1v) is 14.1. The molecule has 1 fully saturated rings. The standard InChI is InChI=1S/C30H20BrN3O5S/c31-20-10-12-26-22(14-20)24-16-23(17-4-2-1-3-5-17)33-34(24)30(39-26)27(40-29(37)32-30)15-21-11-13-25(38-21)18-6-8-19(9-7-18)28(35)36/h1-15,24H,16H2,(H,32,37)(H,35,36)/b27-15-. The van der Waals surface area contributed by atoms with Gasteiger partial charge in [0.25, 0.3) is 5.24 Å². The van der Waals surface area contributed by atoms with Crippen LogP contribution in [0.3, 0.4) is 0 Å². The third kappa shape index (κ3) is 4.11. The van der Waals surface area contributed by atoms with E-state index in [1.165, 1.54) is 12.1 Å². The molecule has 3 aliphatic rings. The predicted molar refractivity (Wildman–Crippen MR) is 155 cm³/mol. The lowest BCUT2D eigenvalue weighted by molar-refractivity contribution is -0.0949. The van der Waals surface area contributed by atoms with Gasteiger partial charge in [0.05, 0.1) is 22.2 Å². The van der Waals surface area contributed by atoms with Gasteiger partial charge in [-0.25, -0.2) is 9.80 Å². The fourth-order valence-electron chi connectivity index (χ4n) is 5.19. The molecule has 0 radical (unpaired) electrons. The minimum absolute atomic E-state index is 0.168. The summed E-state index contributed by atoms with van der Waals surface area (Å²) in [6, 6.07) is 25.7. The number of thioether (sulfide) groups is 1. The molecule has 10 heteroatoms. The Morgan fingerprint density at radius 3 is 2.65 bits per heavy atom. The highest BCUT2D eigenvalue weighted by Crippen LogP contribution is 2.53. The van der Waals surface area contributed by atoms with E-state index in [0.29, 0.717) is 28.6 Å². The number of ether oxygens (including phenoxy) is 1. The second-order valence-corrected chi connectivity index (χ2v) is 11.4. The van der Waals surface area contributed by atoms with Crippen LogP contribution in [-0.4, -0.2) is 32.9 Å². The molecule has 2 unspecified atom stereocenters. The van der Waals surface area contributed by atoms with Crippen LogP contribution in [0.25, 0.3) is 17.4 Å². The number of hydrogen-bond donors (Lipinski definition) is 2. The van der Waals surface area contributed by atoms with Gasteiger partial charge in [-0.1, -0.05) is 58.4 Å². The van der Waals surface area contributed by atoms with Crippen LogP contribution in [0.4, 0.5) is 4.79 Å². The number of carbonyl (C=O) groups is 2. The van der Waals surface area contributed by atoms with E-state index < -0.39 is 11.8 Å². The molecule has 3 aromatic carbocycles. The van der Waals surface area contributed by atoms with Crippen molar-refractivity contribution in [3.63, 3.8) is 0 Å². The first kappa shape index (κ1) is 24.7. The van der Waals surface area contributed by atoms with E-state index >= 15 is 0 Å². The molecule has 3 aliphatic heterocycles. The van der Waals surface area contributed by atoms with E-state index in [1.807, 2.05) is 59.6 Å². The molecule has 0 saturated carbocycles. The van der Waals surface area contributed by atoms with Crippen LogP contribution in [0.1, 0.15) is 39.7 Å². The first-order valence-electron chi connectivity index (χ1n) is 12.5. The van der Waals surface area contributed by atoms with E-state index in [2.05, 4.69) is 21.2 Å². The van der Waals surface area contributed by atoms with Crippen molar-refractivity contribution in [2.24, 2.45) is 5.10 Å². The number of furan rings is 1. The number of fused-ring (bicyclic) bond motifs is 4. The van der Waals surface area contributed by atoms with Crippen molar-refractivity contribution in [1.82, 2.24) is 10.3 Å². The Balaban J connectivity index is 1.30. The fraction of sp³-hybridized carbons (Fsp3) is 0.100.